The van der Waals surface area contributed by atoms with Crippen LogP contribution in [0.25, 0.3) is 0 Å². The molecule has 6 N–H and O–H groups in total. The Morgan fingerprint density at radius 3 is 2.56 bits per heavy atom. The monoisotopic (exact) mass is 389 g/mol. The van der Waals surface area contributed by atoms with E-state index in [0.717, 1.165) is 12.2 Å². The van der Waals surface area contributed by atoms with Gasteiger partial charge in [-0.1, -0.05) is 56.5 Å². The molecule has 3 atom stereocenters. The van der Waals surface area contributed by atoms with E-state index in [1.807, 2.05) is 0 Å². The minimum atomic E-state index is -0.0241. The summed E-state index contributed by atoms with van der Waals surface area (Å²) in [5.41, 5.74) is 18.1. The third-order valence-electron chi connectivity index (χ3n) is 5.21. The van der Waals surface area contributed by atoms with Crippen molar-refractivity contribution in [1.29, 1.82) is 0 Å². The number of thioether (sulfide) groups is 1. The zero-order chi connectivity index (χ0) is 19.5. The number of aliphatic imine (C=N–C) groups is 2. The van der Waals surface area contributed by atoms with Crippen LogP contribution in [0.5, 0.6) is 0 Å². The Balaban J connectivity index is 1.89. The summed E-state index contributed by atoms with van der Waals surface area (Å²) in [5.74, 6) is 1.87. The third kappa shape index (κ3) is 8.24. The van der Waals surface area contributed by atoms with E-state index >= 15 is 0 Å². The van der Waals surface area contributed by atoms with Crippen LogP contribution in [0.4, 0.5) is 0 Å². The molecule has 1 aromatic carbocycles. The molecule has 0 aliphatic heterocycles. The van der Waals surface area contributed by atoms with Gasteiger partial charge < -0.3 is 17.2 Å². The number of nitrogens with two attached hydrogens (primary N) is 3. The second-order valence-electron chi connectivity index (χ2n) is 7.42. The van der Waals surface area contributed by atoms with Gasteiger partial charge >= 0.3 is 0 Å². The highest BCUT2D eigenvalue weighted by molar-refractivity contribution is 7.99. The number of guanidine groups is 2. The van der Waals surface area contributed by atoms with E-state index in [9.17, 15) is 0 Å². The minimum Gasteiger partial charge on any atom is -0.370 e. The van der Waals surface area contributed by atoms with E-state index in [2.05, 4.69) is 59.0 Å². The van der Waals surface area contributed by atoms with Crippen LogP contribution in [0.2, 0.25) is 0 Å². The van der Waals surface area contributed by atoms with Crippen LogP contribution in [0.3, 0.4) is 0 Å². The largest absolute Gasteiger partial charge is 0.370 e. The van der Waals surface area contributed by atoms with Gasteiger partial charge in [-0.2, -0.15) is 16.8 Å². The SMILES string of the molecule is CCCC(CCC1CCCCC1N=C(N)N=C(N)N)SCc1ccccc1. The standard InChI is InChI=1S/C21H35N5S/c1-2-8-18(27-15-16-9-4-3-5-10-16)14-13-17-11-6-7-12-19(17)25-21(24)26-20(22)23/h3-5,9-10,17-19H,2,6-8,11-15H2,1H3,(H6,22,23,24,25,26). The lowest BCUT2D eigenvalue weighted by Crippen LogP contribution is -2.30. The molecule has 0 heterocycles. The number of hydrogen-bond donors (Lipinski definition) is 3. The van der Waals surface area contributed by atoms with Crippen LogP contribution in [-0.4, -0.2) is 23.2 Å². The highest BCUT2D eigenvalue weighted by atomic mass is 32.2. The Morgan fingerprint density at radius 2 is 1.85 bits per heavy atom. The highest BCUT2D eigenvalue weighted by Gasteiger charge is 2.25. The molecule has 0 radical (unpaired) electrons. The Labute approximate surface area is 168 Å². The summed E-state index contributed by atoms with van der Waals surface area (Å²) < 4.78 is 0. The van der Waals surface area contributed by atoms with Crippen molar-refractivity contribution in [3.8, 4) is 0 Å². The molecule has 27 heavy (non-hydrogen) atoms. The smallest absolute Gasteiger partial charge is 0.218 e. The van der Waals surface area contributed by atoms with Crippen LogP contribution in [0.1, 0.15) is 63.9 Å². The number of hydrogen-bond acceptors (Lipinski definition) is 2. The fraction of sp³-hybridized carbons (Fsp3) is 0.619. The van der Waals surface area contributed by atoms with Crippen molar-refractivity contribution in [2.24, 2.45) is 33.1 Å². The quantitative estimate of drug-likeness (QED) is 0.438. The summed E-state index contributed by atoms with van der Waals surface area (Å²) in [7, 11) is 0. The molecule has 0 bridgehead atoms. The predicted molar refractivity (Wildman–Crippen MR) is 119 cm³/mol. The molecule has 2 rings (SSSR count). The Hall–Kier alpha value is -1.69. The fourth-order valence-electron chi connectivity index (χ4n) is 3.85. The minimum absolute atomic E-state index is 0.0241. The van der Waals surface area contributed by atoms with Gasteiger partial charge in [-0.3, -0.25) is 0 Å². The van der Waals surface area contributed by atoms with Gasteiger partial charge in [-0.25, -0.2) is 4.99 Å². The molecule has 5 nitrogen and oxygen atoms in total. The average Bonchev–Trinajstić information content (AvgIpc) is 2.65. The van der Waals surface area contributed by atoms with E-state index in [0.29, 0.717) is 11.2 Å². The van der Waals surface area contributed by atoms with Crippen LogP contribution in [0, 0.1) is 5.92 Å². The van der Waals surface area contributed by atoms with Crippen molar-refractivity contribution in [2.45, 2.75) is 75.3 Å². The van der Waals surface area contributed by atoms with Gasteiger partial charge in [0.2, 0.25) is 5.96 Å². The lowest BCUT2D eigenvalue weighted by atomic mass is 9.81. The zero-order valence-corrected chi connectivity index (χ0v) is 17.3. The molecule has 6 heteroatoms. The predicted octanol–water partition coefficient (Wildman–Crippen LogP) is 4.02. The van der Waals surface area contributed by atoms with Crippen LogP contribution < -0.4 is 17.2 Å². The summed E-state index contributed by atoms with van der Waals surface area (Å²) in [6, 6.07) is 11.0. The summed E-state index contributed by atoms with van der Waals surface area (Å²) in [6.45, 7) is 2.28. The zero-order valence-electron chi connectivity index (χ0n) is 16.5. The first-order valence-electron chi connectivity index (χ1n) is 10.2. The molecule has 0 amide bonds. The van der Waals surface area contributed by atoms with Crippen molar-refractivity contribution in [1.82, 2.24) is 0 Å². The molecule has 1 fully saturated rings. The van der Waals surface area contributed by atoms with Crippen LogP contribution in [-0.2, 0) is 5.75 Å². The first-order valence-corrected chi connectivity index (χ1v) is 11.2. The molecular weight excluding hydrogens is 354 g/mol. The van der Waals surface area contributed by atoms with E-state index in [4.69, 9.17) is 17.2 Å². The molecule has 1 aliphatic carbocycles. The highest BCUT2D eigenvalue weighted by Crippen LogP contribution is 2.34. The van der Waals surface area contributed by atoms with Gasteiger partial charge in [0.05, 0.1) is 6.04 Å². The Morgan fingerprint density at radius 1 is 1.11 bits per heavy atom. The molecule has 1 aromatic rings. The van der Waals surface area contributed by atoms with Crippen molar-refractivity contribution in [2.75, 3.05) is 0 Å². The van der Waals surface area contributed by atoms with E-state index < -0.39 is 0 Å². The van der Waals surface area contributed by atoms with Gasteiger partial charge in [-0.05, 0) is 43.6 Å². The van der Waals surface area contributed by atoms with Gasteiger partial charge in [0.15, 0.2) is 5.96 Å². The number of nitrogens with zero attached hydrogens (tertiary/aromatic N) is 2. The Bertz CT molecular complexity index is 598. The van der Waals surface area contributed by atoms with Gasteiger partial charge in [0, 0.05) is 11.0 Å². The average molecular weight is 390 g/mol. The van der Waals surface area contributed by atoms with E-state index in [-0.39, 0.29) is 18.0 Å². The normalized spacial score (nSPS) is 21.6. The Kier molecular flexibility index (Phi) is 9.53. The molecule has 0 aromatic heterocycles. The van der Waals surface area contributed by atoms with Gasteiger partial charge in [0.1, 0.15) is 0 Å². The molecule has 1 aliphatic rings. The summed E-state index contributed by atoms with van der Waals surface area (Å²) in [4.78, 5) is 8.50. The second-order valence-corrected chi connectivity index (χ2v) is 8.71. The maximum absolute atomic E-state index is 5.88. The topological polar surface area (TPSA) is 103 Å². The van der Waals surface area contributed by atoms with Crippen molar-refractivity contribution in [3.63, 3.8) is 0 Å². The first kappa shape index (κ1) is 21.6. The van der Waals surface area contributed by atoms with Crippen LogP contribution >= 0.6 is 11.8 Å². The molecule has 0 saturated heterocycles. The maximum atomic E-state index is 5.88. The molecule has 150 valence electrons. The van der Waals surface area contributed by atoms with Crippen molar-refractivity contribution >= 4 is 23.7 Å². The first-order chi connectivity index (χ1) is 13.1. The fourth-order valence-corrected chi connectivity index (χ4v) is 5.17. The van der Waals surface area contributed by atoms with Gasteiger partial charge in [-0.15, -0.1) is 0 Å². The summed E-state index contributed by atoms with van der Waals surface area (Å²) >= 11 is 2.10. The van der Waals surface area contributed by atoms with E-state index in [1.54, 1.807) is 0 Å². The molecule has 1 saturated carbocycles. The summed E-state index contributed by atoms with van der Waals surface area (Å²) in [6.07, 6.45) is 9.76. The van der Waals surface area contributed by atoms with Crippen molar-refractivity contribution in [3.05, 3.63) is 35.9 Å². The lowest BCUT2D eigenvalue weighted by molar-refractivity contribution is 0.286. The van der Waals surface area contributed by atoms with E-state index in [1.165, 1.54) is 50.5 Å². The molecule has 3 unspecified atom stereocenters. The van der Waals surface area contributed by atoms with Crippen LogP contribution in [0.15, 0.2) is 40.3 Å². The number of rotatable bonds is 9. The summed E-state index contributed by atoms with van der Waals surface area (Å²) in [5, 5.41) is 0.705. The third-order valence-corrected chi connectivity index (χ3v) is 6.65. The number of benzene rings is 1. The maximum Gasteiger partial charge on any atom is 0.218 e. The van der Waals surface area contributed by atoms with Crippen molar-refractivity contribution < 1.29 is 0 Å². The lowest BCUT2D eigenvalue weighted by Gasteiger charge is -2.30. The molecule has 0 spiro atoms. The van der Waals surface area contributed by atoms with Gasteiger partial charge in [0.25, 0.3) is 0 Å². The molecular formula is C21H35N5S. The second kappa shape index (κ2) is 11.9.